The fourth-order valence-electron chi connectivity index (χ4n) is 3.19. The lowest BCUT2D eigenvalue weighted by Gasteiger charge is -2.09. The standard InChI is InChI=1S/C24H22N4O3S/c1-30-20-11-10-17(13-21(20)31-2)14-23(29)26-25-15-18-16-28(19-7-4-3-5-8-19)27-24(18)22-9-6-12-32-22/h3-13,15-16H,14H2,1-2H3,(H,26,29)/b25-15-. The molecule has 2 aromatic carbocycles. The first kappa shape index (κ1) is 21.3. The van der Waals surface area contributed by atoms with Crippen LogP contribution in [0.4, 0.5) is 0 Å². The van der Waals surface area contributed by atoms with E-state index < -0.39 is 0 Å². The molecule has 2 heterocycles. The number of hydrogen-bond acceptors (Lipinski definition) is 6. The number of thiophene rings is 1. The molecule has 7 nitrogen and oxygen atoms in total. The van der Waals surface area contributed by atoms with E-state index in [1.807, 2.05) is 64.8 Å². The van der Waals surface area contributed by atoms with E-state index in [0.717, 1.165) is 27.4 Å². The van der Waals surface area contributed by atoms with Crippen molar-refractivity contribution in [1.29, 1.82) is 0 Å². The number of para-hydroxylation sites is 1. The summed E-state index contributed by atoms with van der Waals surface area (Å²) in [6.45, 7) is 0. The van der Waals surface area contributed by atoms with Gasteiger partial charge in [0.25, 0.3) is 0 Å². The molecule has 0 unspecified atom stereocenters. The van der Waals surface area contributed by atoms with Gasteiger partial charge >= 0.3 is 0 Å². The smallest absolute Gasteiger partial charge is 0.244 e. The summed E-state index contributed by atoms with van der Waals surface area (Å²) >= 11 is 1.60. The fourth-order valence-corrected chi connectivity index (χ4v) is 3.92. The Labute approximate surface area is 189 Å². The SMILES string of the molecule is COc1ccc(CC(=O)N/N=C\c2cn(-c3ccccc3)nc2-c2cccs2)cc1OC. The van der Waals surface area contributed by atoms with Gasteiger partial charge in [-0.25, -0.2) is 10.1 Å². The van der Waals surface area contributed by atoms with Crippen molar-refractivity contribution in [2.45, 2.75) is 6.42 Å². The van der Waals surface area contributed by atoms with E-state index in [1.54, 1.807) is 43.9 Å². The maximum atomic E-state index is 12.4. The first-order chi connectivity index (χ1) is 15.7. The van der Waals surface area contributed by atoms with Crippen LogP contribution in [0, 0.1) is 0 Å². The van der Waals surface area contributed by atoms with Gasteiger partial charge in [0.2, 0.25) is 5.91 Å². The van der Waals surface area contributed by atoms with Crippen molar-refractivity contribution in [2.24, 2.45) is 5.10 Å². The van der Waals surface area contributed by atoms with E-state index in [9.17, 15) is 4.79 Å². The highest BCUT2D eigenvalue weighted by atomic mass is 32.1. The van der Waals surface area contributed by atoms with Crippen LogP contribution in [0.5, 0.6) is 11.5 Å². The Morgan fingerprint density at radius 3 is 2.62 bits per heavy atom. The van der Waals surface area contributed by atoms with Crippen molar-refractivity contribution in [1.82, 2.24) is 15.2 Å². The highest BCUT2D eigenvalue weighted by Crippen LogP contribution is 2.28. The minimum atomic E-state index is -0.235. The minimum Gasteiger partial charge on any atom is -0.493 e. The highest BCUT2D eigenvalue weighted by molar-refractivity contribution is 7.13. The van der Waals surface area contributed by atoms with Crippen molar-refractivity contribution in [3.05, 3.63) is 83.4 Å². The van der Waals surface area contributed by atoms with Gasteiger partial charge < -0.3 is 9.47 Å². The molecule has 1 N–H and O–H groups in total. The summed E-state index contributed by atoms with van der Waals surface area (Å²) in [5.41, 5.74) is 5.95. The second-order valence-corrected chi connectivity index (χ2v) is 7.80. The lowest BCUT2D eigenvalue weighted by molar-refractivity contribution is -0.120. The third kappa shape index (κ3) is 4.87. The molecule has 0 atom stereocenters. The summed E-state index contributed by atoms with van der Waals surface area (Å²) < 4.78 is 12.3. The Morgan fingerprint density at radius 1 is 1.09 bits per heavy atom. The zero-order valence-corrected chi connectivity index (χ0v) is 18.5. The monoisotopic (exact) mass is 446 g/mol. The molecular formula is C24H22N4O3S. The number of rotatable bonds is 8. The number of amides is 1. The van der Waals surface area contributed by atoms with Gasteiger partial charge in [-0.1, -0.05) is 30.3 Å². The van der Waals surface area contributed by atoms with Crippen LogP contribution < -0.4 is 14.9 Å². The molecule has 0 saturated heterocycles. The first-order valence-corrected chi connectivity index (χ1v) is 10.8. The largest absolute Gasteiger partial charge is 0.493 e. The van der Waals surface area contributed by atoms with Crippen LogP contribution in [0.3, 0.4) is 0 Å². The molecule has 4 rings (SSSR count). The number of benzene rings is 2. The number of nitrogens with zero attached hydrogens (tertiary/aromatic N) is 3. The average molecular weight is 447 g/mol. The fraction of sp³-hybridized carbons (Fsp3) is 0.125. The molecule has 162 valence electrons. The maximum Gasteiger partial charge on any atom is 0.244 e. The predicted octanol–water partition coefficient (Wildman–Crippen LogP) is 4.31. The van der Waals surface area contributed by atoms with Crippen LogP contribution in [0.25, 0.3) is 16.3 Å². The van der Waals surface area contributed by atoms with E-state index in [4.69, 9.17) is 14.6 Å². The van der Waals surface area contributed by atoms with Gasteiger partial charge in [-0.2, -0.15) is 10.2 Å². The van der Waals surface area contributed by atoms with Crippen molar-refractivity contribution >= 4 is 23.5 Å². The molecule has 32 heavy (non-hydrogen) atoms. The quantitative estimate of drug-likeness (QED) is 0.323. The number of hydrogen-bond donors (Lipinski definition) is 1. The zero-order valence-electron chi connectivity index (χ0n) is 17.7. The average Bonchev–Trinajstić information content (AvgIpc) is 3.49. The Hall–Kier alpha value is -3.91. The lowest BCUT2D eigenvalue weighted by Crippen LogP contribution is -2.19. The normalized spacial score (nSPS) is 10.9. The molecule has 0 aliphatic heterocycles. The molecule has 0 radical (unpaired) electrons. The molecule has 4 aromatic rings. The summed E-state index contributed by atoms with van der Waals surface area (Å²) in [5.74, 6) is 0.961. The molecule has 0 spiro atoms. The lowest BCUT2D eigenvalue weighted by atomic mass is 10.1. The molecular weight excluding hydrogens is 424 g/mol. The molecule has 0 bridgehead atoms. The zero-order chi connectivity index (χ0) is 22.3. The van der Waals surface area contributed by atoms with Gasteiger partial charge in [-0.3, -0.25) is 4.79 Å². The van der Waals surface area contributed by atoms with E-state index in [2.05, 4.69) is 10.5 Å². The Balaban J connectivity index is 1.49. The number of aromatic nitrogens is 2. The third-order valence-electron chi connectivity index (χ3n) is 4.72. The third-order valence-corrected chi connectivity index (χ3v) is 5.60. The molecule has 0 aliphatic carbocycles. The predicted molar refractivity (Wildman–Crippen MR) is 126 cm³/mol. The van der Waals surface area contributed by atoms with Crippen LogP contribution in [-0.2, 0) is 11.2 Å². The van der Waals surface area contributed by atoms with Crippen LogP contribution >= 0.6 is 11.3 Å². The maximum absolute atomic E-state index is 12.4. The Kier molecular flexibility index (Phi) is 6.62. The summed E-state index contributed by atoms with van der Waals surface area (Å²) in [5, 5.41) is 10.9. The number of hydrazone groups is 1. The summed E-state index contributed by atoms with van der Waals surface area (Å²) in [7, 11) is 3.14. The van der Waals surface area contributed by atoms with Crippen LogP contribution in [0.1, 0.15) is 11.1 Å². The van der Waals surface area contributed by atoms with Crippen LogP contribution in [0.2, 0.25) is 0 Å². The van der Waals surface area contributed by atoms with E-state index >= 15 is 0 Å². The molecule has 0 saturated carbocycles. The molecule has 2 aromatic heterocycles. The van der Waals surface area contributed by atoms with Crippen molar-refractivity contribution in [2.75, 3.05) is 14.2 Å². The van der Waals surface area contributed by atoms with E-state index in [0.29, 0.717) is 11.5 Å². The van der Waals surface area contributed by atoms with Crippen molar-refractivity contribution in [3.8, 4) is 27.8 Å². The van der Waals surface area contributed by atoms with E-state index in [-0.39, 0.29) is 12.3 Å². The minimum absolute atomic E-state index is 0.165. The Bertz CT molecular complexity index is 1220. The van der Waals surface area contributed by atoms with Crippen molar-refractivity contribution < 1.29 is 14.3 Å². The second-order valence-electron chi connectivity index (χ2n) is 6.85. The number of nitrogens with one attached hydrogen (secondary N) is 1. The summed E-state index contributed by atoms with van der Waals surface area (Å²) in [6.07, 6.45) is 3.68. The molecule has 0 aliphatic rings. The van der Waals surface area contributed by atoms with Crippen molar-refractivity contribution in [3.63, 3.8) is 0 Å². The highest BCUT2D eigenvalue weighted by Gasteiger charge is 2.12. The number of methoxy groups -OCH3 is 2. The van der Waals surface area contributed by atoms with Crippen LogP contribution in [-0.4, -0.2) is 36.1 Å². The van der Waals surface area contributed by atoms with E-state index in [1.165, 1.54) is 0 Å². The van der Waals surface area contributed by atoms with Gasteiger partial charge in [-0.15, -0.1) is 11.3 Å². The summed E-state index contributed by atoms with van der Waals surface area (Å²) in [6, 6.07) is 19.2. The molecule has 8 heteroatoms. The van der Waals surface area contributed by atoms with Gasteiger partial charge in [0.1, 0.15) is 5.69 Å². The number of carbonyl (C=O) groups is 1. The Morgan fingerprint density at radius 2 is 1.91 bits per heavy atom. The number of ether oxygens (including phenoxy) is 2. The second kappa shape index (κ2) is 9.93. The van der Waals surface area contributed by atoms with Crippen LogP contribution in [0.15, 0.2) is 77.3 Å². The van der Waals surface area contributed by atoms with Gasteiger partial charge in [0, 0.05) is 11.8 Å². The van der Waals surface area contributed by atoms with Gasteiger partial charge in [0.05, 0.1) is 37.4 Å². The first-order valence-electron chi connectivity index (χ1n) is 9.89. The van der Waals surface area contributed by atoms with Gasteiger partial charge in [0.15, 0.2) is 11.5 Å². The number of carbonyl (C=O) groups excluding carboxylic acids is 1. The molecule has 1 amide bonds. The summed E-state index contributed by atoms with van der Waals surface area (Å²) in [4.78, 5) is 13.4. The molecule has 0 fully saturated rings. The van der Waals surface area contributed by atoms with Gasteiger partial charge in [-0.05, 0) is 41.3 Å². The topological polar surface area (TPSA) is 77.7 Å².